The van der Waals surface area contributed by atoms with Crippen LogP contribution in [-0.2, 0) is 4.79 Å². The average Bonchev–Trinajstić information content (AvgIpc) is 2.89. The minimum atomic E-state index is -0.891. The summed E-state index contributed by atoms with van der Waals surface area (Å²) in [4.78, 5) is 23.0. The Balaban J connectivity index is 1.96. The maximum absolute atomic E-state index is 12.0. The Hall–Kier alpha value is -2.24. The molecule has 0 saturated heterocycles. The molecule has 0 saturated carbocycles. The summed E-state index contributed by atoms with van der Waals surface area (Å²) in [5, 5.41) is 11.7. The number of aliphatic carboxylic acids is 1. The highest BCUT2D eigenvalue weighted by Crippen LogP contribution is 2.32. The Morgan fingerprint density at radius 2 is 2.10 bits per heavy atom. The van der Waals surface area contributed by atoms with Gasteiger partial charge in [0.25, 0.3) is 5.91 Å². The van der Waals surface area contributed by atoms with Gasteiger partial charge in [-0.1, -0.05) is 13.3 Å². The van der Waals surface area contributed by atoms with Crippen molar-refractivity contribution < 1.29 is 24.2 Å². The molecule has 1 aromatic rings. The van der Waals surface area contributed by atoms with Gasteiger partial charge in [0, 0.05) is 12.1 Å². The molecule has 0 aliphatic carbocycles. The zero-order valence-electron chi connectivity index (χ0n) is 11.2. The fourth-order valence-electron chi connectivity index (χ4n) is 2.02. The van der Waals surface area contributed by atoms with E-state index >= 15 is 0 Å². The number of benzene rings is 1. The first-order chi connectivity index (χ1) is 9.61. The SMILES string of the molecule is CCCC(CNC(=O)c1ccc2c(c1)OCO2)C(=O)O. The van der Waals surface area contributed by atoms with Gasteiger partial charge in [-0.05, 0) is 24.6 Å². The summed E-state index contributed by atoms with van der Waals surface area (Å²) >= 11 is 0. The van der Waals surface area contributed by atoms with E-state index in [0.717, 1.165) is 6.42 Å². The van der Waals surface area contributed by atoms with Crippen LogP contribution in [0.25, 0.3) is 0 Å². The first-order valence-electron chi connectivity index (χ1n) is 6.52. The number of carbonyl (C=O) groups excluding carboxylic acids is 1. The maximum atomic E-state index is 12.0. The van der Waals surface area contributed by atoms with Gasteiger partial charge in [0.15, 0.2) is 11.5 Å². The molecular formula is C14H17NO5. The summed E-state index contributed by atoms with van der Waals surface area (Å²) in [5.41, 5.74) is 0.426. The van der Waals surface area contributed by atoms with Gasteiger partial charge in [-0.2, -0.15) is 0 Å². The second kappa shape index (κ2) is 6.27. The Morgan fingerprint density at radius 1 is 1.35 bits per heavy atom. The number of carboxylic acid groups (broad SMARTS) is 1. The molecule has 1 aliphatic rings. The van der Waals surface area contributed by atoms with Crippen LogP contribution in [0.5, 0.6) is 11.5 Å². The molecule has 1 heterocycles. The van der Waals surface area contributed by atoms with Crippen LogP contribution >= 0.6 is 0 Å². The van der Waals surface area contributed by atoms with Crippen molar-refractivity contribution >= 4 is 11.9 Å². The molecule has 0 spiro atoms. The van der Waals surface area contributed by atoms with Crippen LogP contribution in [0.1, 0.15) is 30.1 Å². The van der Waals surface area contributed by atoms with Crippen molar-refractivity contribution in [3.05, 3.63) is 23.8 Å². The second-order valence-corrected chi connectivity index (χ2v) is 4.60. The molecule has 1 atom stereocenters. The van der Waals surface area contributed by atoms with Gasteiger partial charge in [-0.25, -0.2) is 0 Å². The highest BCUT2D eigenvalue weighted by atomic mass is 16.7. The summed E-state index contributed by atoms with van der Waals surface area (Å²) in [6.07, 6.45) is 1.30. The van der Waals surface area contributed by atoms with E-state index in [9.17, 15) is 9.59 Å². The third-order valence-electron chi connectivity index (χ3n) is 3.13. The number of fused-ring (bicyclic) bond motifs is 1. The summed E-state index contributed by atoms with van der Waals surface area (Å²) < 4.78 is 10.4. The van der Waals surface area contributed by atoms with Gasteiger partial charge in [0.1, 0.15) is 0 Å². The minimum Gasteiger partial charge on any atom is -0.481 e. The summed E-state index contributed by atoms with van der Waals surface area (Å²) in [5.74, 6) is -0.626. The number of ether oxygens (including phenoxy) is 2. The van der Waals surface area contributed by atoms with E-state index in [0.29, 0.717) is 23.5 Å². The lowest BCUT2D eigenvalue weighted by Gasteiger charge is -2.12. The van der Waals surface area contributed by atoms with Crippen LogP contribution in [0.15, 0.2) is 18.2 Å². The first-order valence-corrected chi connectivity index (χ1v) is 6.52. The van der Waals surface area contributed by atoms with Gasteiger partial charge in [-0.15, -0.1) is 0 Å². The molecule has 0 bridgehead atoms. The van der Waals surface area contributed by atoms with Crippen molar-refractivity contribution in [3.8, 4) is 11.5 Å². The van der Waals surface area contributed by atoms with Crippen molar-refractivity contribution in [1.82, 2.24) is 5.32 Å². The summed E-state index contributed by atoms with van der Waals surface area (Å²) in [6.45, 7) is 2.18. The highest BCUT2D eigenvalue weighted by Gasteiger charge is 2.19. The number of carboxylic acids is 1. The lowest BCUT2D eigenvalue weighted by atomic mass is 10.0. The molecule has 108 valence electrons. The molecular weight excluding hydrogens is 262 g/mol. The number of hydrogen-bond donors (Lipinski definition) is 2. The molecule has 6 heteroatoms. The number of nitrogens with one attached hydrogen (secondary N) is 1. The summed E-state index contributed by atoms with van der Waals surface area (Å²) in [6, 6.07) is 4.88. The van der Waals surface area contributed by atoms with E-state index in [1.54, 1.807) is 18.2 Å². The van der Waals surface area contributed by atoms with Gasteiger partial charge < -0.3 is 19.9 Å². The molecule has 1 aromatic carbocycles. The molecule has 0 radical (unpaired) electrons. The van der Waals surface area contributed by atoms with E-state index < -0.39 is 11.9 Å². The highest BCUT2D eigenvalue weighted by molar-refractivity contribution is 5.95. The van der Waals surface area contributed by atoms with Crippen LogP contribution in [-0.4, -0.2) is 30.3 Å². The smallest absolute Gasteiger partial charge is 0.308 e. The largest absolute Gasteiger partial charge is 0.481 e. The summed E-state index contributed by atoms with van der Waals surface area (Å²) in [7, 11) is 0. The fourth-order valence-corrected chi connectivity index (χ4v) is 2.02. The fraction of sp³-hybridized carbons (Fsp3) is 0.429. The first kappa shape index (κ1) is 14.2. The molecule has 0 aromatic heterocycles. The van der Waals surface area contributed by atoms with Crippen molar-refractivity contribution in [2.75, 3.05) is 13.3 Å². The van der Waals surface area contributed by atoms with Crippen LogP contribution in [0, 0.1) is 5.92 Å². The average molecular weight is 279 g/mol. The quantitative estimate of drug-likeness (QED) is 0.827. The molecule has 2 rings (SSSR count). The zero-order chi connectivity index (χ0) is 14.5. The molecule has 1 unspecified atom stereocenters. The van der Waals surface area contributed by atoms with Gasteiger partial charge in [-0.3, -0.25) is 9.59 Å². The normalized spacial score (nSPS) is 13.8. The second-order valence-electron chi connectivity index (χ2n) is 4.60. The molecule has 2 N–H and O–H groups in total. The van der Waals surface area contributed by atoms with E-state index in [1.807, 2.05) is 6.92 Å². The third-order valence-corrected chi connectivity index (χ3v) is 3.13. The molecule has 20 heavy (non-hydrogen) atoms. The number of rotatable bonds is 6. The molecule has 1 amide bonds. The number of hydrogen-bond acceptors (Lipinski definition) is 4. The van der Waals surface area contributed by atoms with Crippen LogP contribution in [0.4, 0.5) is 0 Å². The van der Waals surface area contributed by atoms with Crippen molar-refractivity contribution in [1.29, 1.82) is 0 Å². The minimum absolute atomic E-state index is 0.121. The topological polar surface area (TPSA) is 84.9 Å². The Kier molecular flexibility index (Phi) is 4.45. The van der Waals surface area contributed by atoms with E-state index in [2.05, 4.69) is 5.32 Å². The van der Waals surface area contributed by atoms with E-state index in [4.69, 9.17) is 14.6 Å². The lowest BCUT2D eigenvalue weighted by molar-refractivity contribution is -0.141. The molecule has 6 nitrogen and oxygen atoms in total. The monoisotopic (exact) mass is 279 g/mol. The molecule has 1 aliphatic heterocycles. The van der Waals surface area contributed by atoms with E-state index in [-0.39, 0.29) is 19.2 Å². The Morgan fingerprint density at radius 3 is 2.80 bits per heavy atom. The van der Waals surface area contributed by atoms with Gasteiger partial charge in [0.2, 0.25) is 6.79 Å². The van der Waals surface area contributed by atoms with Crippen molar-refractivity contribution in [2.24, 2.45) is 5.92 Å². The Bertz CT molecular complexity index is 514. The van der Waals surface area contributed by atoms with E-state index in [1.165, 1.54) is 0 Å². The van der Waals surface area contributed by atoms with Crippen LogP contribution in [0.3, 0.4) is 0 Å². The number of amides is 1. The van der Waals surface area contributed by atoms with Gasteiger partial charge >= 0.3 is 5.97 Å². The van der Waals surface area contributed by atoms with Crippen molar-refractivity contribution in [3.63, 3.8) is 0 Å². The predicted molar refractivity (Wildman–Crippen MR) is 70.9 cm³/mol. The predicted octanol–water partition coefficient (Wildman–Crippen LogP) is 1.65. The van der Waals surface area contributed by atoms with Crippen LogP contribution < -0.4 is 14.8 Å². The lowest BCUT2D eigenvalue weighted by Crippen LogP contribution is -2.32. The zero-order valence-corrected chi connectivity index (χ0v) is 11.2. The van der Waals surface area contributed by atoms with Crippen LogP contribution in [0.2, 0.25) is 0 Å². The number of carbonyl (C=O) groups is 2. The maximum Gasteiger partial charge on any atom is 0.308 e. The Labute approximate surface area is 116 Å². The third kappa shape index (κ3) is 3.20. The van der Waals surface area contributed by atoms with Crippen molar-refractivity contribution in [2.45, 2.75) is 19.8 Å². The van der Waals surface area contributed by atoms with Gasteiger partial charge in [0.05, 0.1) is 5.92 Å². The standard InChI is InChI=1S/C14H17NO5/c1-2-3-10(14(17)18)7-15-13(16)9-4-5-11-12(6-9)20-8-19-11/h4-6,10H,2-3,7-8H2,1H3,(H,15,16)(H,17,18). The molecule has 0 fully saturated rings.